The van der Waals surface area contributed by atoms with Crippen LogP contribution in [0.25, 0.3) is 11.3 Å². The van der Waals surface area contributed by atoms with E-state index in [0.29, 0.717) is 0 Å². The van der Waals surface area contributed by atoms with Gasteiger partial charge in [-0.15, -0.1) is 0 Å². The SMILES string of the molecule is CCCCCCCCc1ccc(-c2ccc(CC[C@H]3CC[C@H](CCCC)CC3)cn2)cc1. The molecule has 1 heteroatoms. The lowest BCUT2D eigenvalue weighted by Gasteiger charge is -2.28. The highest BCUT2D eigenvalue weighted by Gasteiger charge is 2.20. The maximum absolute atomic E-state index is 4.79. The largest absolute Gasteiger partial charge is 0.256 e. The summed E-state index contributed by atoms with van der Waals surface area (Å²) in [5, 5.41) is 0. The van der Waals surface area contributed by atoms with Gasteiger partial charge in [-0.3, -0.25) is 4.98 Å². The summed E-state index contributed by atoms with van der Waals surface area (Å²) in [5.41, 5.74) is 5.22. The normalized spacial score (nSPS) is 18.7. The summed E-state index contributed by atoms with van der Waals surface area (Å²) in [6.07, 6.45) is 24.1. The van der Waals surface area contributed by atoms with Crippen molar-refractivity contribution in [1.29, 1.82) is 0 Å². The van der Waals surface area contributed by atoms with Crippen molar-refractivity contribution in [2.75, 3.05) is 0 Å². The lowest BCUT2D eigenvalue weighted by Crippen LogP contribution is -2.15. The fourth-order valence-corrected chi connectivity index (χ4v) is 5.37. The molecule has 0 amide bonds. The summed E-state index contributed by atoms with van der Waals surface area (Å²) >= 11 is 0. The Labute approximate surface area is 198 Å². The predicted molar refractivity (Wildman–Crippen MR) is 140 cm³/mol. The van der Waals surface area contributed by atoms with Crippen molar-refractivity contribution in [2.45, 2.75) is 117 Å². The van der Waals surface area contributed by atoms with E-state index in [9.17, 15) is 0 Å². The number of hydrogen-bond acceptors (Lipinski definition) is 1. The third-order valence-electron chi connectivity index (χ3n) is 7.67. The summed E-state index contributed by atoms with van der Waals surface area (Å²) < 4.78 is 0. The fourth-order valence-electron chi connectivity index (χ4n) is 5.37. The molecule has 1 aliphatic rings. The Bertz CT molecular complexity index is 722. The number of nitrogens with zero attached hydrogens (tertiary/aromatic N) is 1. The Morgan fingerprint density at radius 2 is 1.25 bits per heavy atom. The number of aryl methyl sites for hydroxylation is 2. The summed E-state index contributed by atoms with van der Waals surface area (Å²) in [5.74, 6) is 1.95. The van der Waals surface area contributed by atoms with Gasteiger partial charge in [-0.1, -0.05) is 121 Å². The molecule has 0 atom stereocenters. The standard InChI is InChI=1S/C31H47N/c1-3-5-7-8-9-10-12-27-19-22-30(23-20-27)31-24-21-29(25-32-31)18-17-28-15-13-26(14-16-28)11-6-4-2/h19-26,28H,3-18H2,1-2H3/t26-,28-. The summed E-state index contributed by atoms with van der Waals surface area (Å²) in [7, 11) is 0. The van der Waals surface area contributed by atoms with E-state index in [1.54, 1.807) is 0 Å². The molecule has 1 heterocycles. The molecule has 0 spiro atoms. The van der Waals surface area contributed by atoms with Gasteiger partial charge in [0.2, 0.25) is 0 Å². The van der Waals surface area contributed by atoms with Crippen molar-refractivity contribution in [3.63, 3.8) is 0 Å². The Morgan fingerprint density at radius 1 is 0.625 bits per heavy atom. The third kappa shape index (κ3) is 8.72. The molecular formula is C31H47N. The average molecular weight is 434 g/mol. The van der Waals surface area contributed by atoms with Gasteiger partial charge in [0, 0.05) is 11.8 Å². The second-order valence-corrected chi connectivity index (χ2v) is 10.3. The Hall–Kier alpha value is -1.63. The molecule has 32 heavy (non-hydrogen) atoms. The maximum atomic E-state index is 4.79. The van der Waals surface area contributed by atoms with Crippen LogP contribution in [-0.4, -0.2) is 4.98 Å². The Balaban J connectivity index is 1.38. The van der Waals surface area contributed by atoms with E-state index in [0.717, 1.165) is 17.5 Å². The first-order valence-corrected chi connectivity index (χ1v) is 13.8. The van der Waals surface area contributed by atoms with Gasteiger partial charge in [-0.05, 0) is 54.7 Å². The van der Waals surface area contributed by atoms with E-state index in [2.05, 4.69) is 56.4 Å². The van der Waals surface area contributed by atoms with Crippen LogP contribution in [-0.2, 0) is 12.8 Å². The van der Waals surface area contributed by atoms with Crippen LogP contribution >= 0.6 is 0 Å². The lowest BCUT2D eigenvalue weighted by molar-refractivity contribution is 0.250. The van der Waals surface area contributed by atoms with E-state index in [4.69, 9.17) is 4.98 Å². The monoisotopic (exact) mass is 433 g/mol. The molecule has 0 aliphatic heterocycles. The number of rotatable bonds is 14. The van der Waals surface area contributed by atoms with Crippen molar-refractivity contribution in [3.05, 3.63) is 53.7 Å². The minimum absolute atomic E-state index is 0.937. The van der Waals surface area contributed by atoms with Crippen molar-refractivity contribution >= 4 is 0 Å². The predicted octanol–water partition coefficient (Wildman–Crippen LogP) is 9.58. The van der Waals surface area contributed by atoms with Gasteiger partial charge in [0.05, 0.1) is 5.69 Å². The molecule has 176 valence electrons. The Morgan fingerprint density at radius 3 is 1.91 bits per heavy atom. The first-order valence-electron chi connectivity index (χ1n) is 13.8. The van der Waals surface area contributed by atoms with E-state index >= 15 is 0 Å². The van der Waals surface area contributed by atoms with Gasteiger partial charge in [0.1, 0.15) is 0 Å². The van der Waals surface area contributed by atoms with Crippen molar-refractivity contribution < 1.29 is 0 Å². The van der Waals surface area contributed by atoms with Crippen LogP contribution in [0.15, 0.2) is 42.6 Å². The second-order valence-electron chi connectivity index (χ2n) is 10.3. The van der Waals surface area contributed by atoms with Crippen LogP contribution in [0.1, 0.15) is 115 Å². The van der Waals surface area contributed by atoms with Gasteiger partial charge >= 0.3 is 0 Å². The third-order valence-corrected chi connectivity index (χ3v) is 7.67. The minimum Gasteiger partial charge on any atom is -0.256 e. The number of hydrogen-bond donors (Lipinski definition) is 0. The molecule has 0 N–H and O–H groups in total. The van der Waals surface area contributed by atoms with Gasteiger partial charge in [-0.2, -0.15) is 0 Å². The summed E-state index contributed by atoms with van der Waals surface area (Å²) in [4.78, 5) is 4.79. The van der Waals surface area contributed by atoms with E-state index in [1.165, 1.54) is 119 Å². The molecule has 1 aromatic carbocycles. The molecule has 3 rings (SSSR count). The van der Waals surface area contributed by atoms with Gasteiger partial charge < -0.3 is 0 Å². The lowest BCUT2D eigenvalue weighted by atomic mass is 9.78. The Kier molecular flexibility index (Phi) is 11.3. The van der Waals surface area contributed by atoms with Crippen LogP contribution in [0.2, 0.25) is 0 Å². The van der Waals surface area contributed by atoms with Crippen LogP contribution in [0.3, 0.4) is 0 Å². The summed E-state index contributed by atoms with van der Waals surface area (Å²) in [6, 6.07) is 13.6. The fraction of sp³-hybridized carbons (Fsp3) is 0.645. The van der Waals surface area contributed by atoms with Crippen molar-refractivity contribution in [1.82, 2.24) is 4.98 Å². The second kappa shape index (κ2) is 14.5. The van der Waals surface area contributed by atoms with E-state index in [1.807, 2.05) is 0 Å². The van der Waals surface area contributed by atoms with Crippen LogP contribution in [0.4, 0.5) is 0 Å². The summed E-state index contributed by atoms with van der Waals surface area (Å²) in [6.45, 7) is 4.60. The van der Waals surface area contributed by atoms with Crippen LogP contribution < -0.4 is 0 Å². The van der Waals surface area contributed by atoms with Gasteiger partial charge in [0.15, 0.2) is 0 Å². The number of benzene rings is 1. The zero-order valence-corrected chi connectivity index (χ0v) is 21.0. The first-order chi connectivity index (χ1) is 15.8. The zero-order chi connectivity index (χ0) is 22.4. The highest BCUT2D eigenvalue weighted by molar-refractivity contribution is 5.59. The zero-order valence-electron chi connectivity index (χ0n) is 21.0. The smallest absolute Gasteiger partial charge is 0.0702 e. The maximum Gasteiger partial charge on any atom is 0.0702 e. The molecule has 0 radical (unpaired) electrons. The quantitative estimate of drug-likeness (QED) is 0.270. The van der Waals surface area contributed by atoms with E-state index < -0.39 is 0 Å². The molecule has 1 aliphatic carbocycles. The van der Waals surface area contributed by atoms with Crippen molar-refractivity contribution in [2.24, 2.45) is 11.8 Å². The molecule has 0 bridgehead atoms. The highest BCUT2D eigenvalue weighted by Crippen LogP contribution is 2.34. The van der Waals surface area contributed by atoms with Gasteiger partial charge in [-0.25, -0.2) is 0 Å². The highest BCUT2D eigenvalue weighted by atomic mass is 14.7. The van der Waals surface area contributed by atoms with Crippen molar-refractivity contribution in [3.8, 4) is 11.3 Å². The molecule has 0 saturated heterocycles. The number of pyridine rings is 1. The van der Waals surface area contributed by atoms with Gasteiger partial charge in [0.25, 0.3) is 0 Å². The van der Waals surface area contributed by atoms with Crippen LogP contribution in [0.5, 0.6) is 0 Å². The van der Waals surface area contributed by atoms with E-state index in [-0.39, 0.29) is 0 Å². The molecule has 1 nitrogen and oxygen atoms in total. The first kappa shape index (κ1) is 25.0. The minimum atomic E-state index is 0.937. The number of unbranched alkanes of at least 4 members (excludes halogenated alkanes) is 6. The average Bonchev–Trinajstić information content (AvgIpc) is 2.85. The molecule has 0 unspecified atom stereocenters. The topological polar surface area (TPSA) is 12.9 Å². The van der Waals surface area contributed by atoms with Crippen LogP contribution in [0, 0.1) is 11.8 Å². The molecule has 1 aromatic heterocycles. The number of aromatic nitrogens is 1. The molecular weight excluding hydrogens is 386 g/mol. The molecule has 2 aromatic rings. The molecule has 1 fully saturated rings. The molecule has 1 saturated carbocycles.